The highest BCUT2D eigenvalue weighted by atomic mass is 35.5. The van der Waals surface area contributed by atoms with E-state index in [9.17, 15) is 19.6 Å². The molecule has 0 unspecified atom stereocenters. The maximum Gasteiger partial charge on any atom is 0.268 e. The first-order valence-corrected chi connectivity index (χ1v) is 11.3. The SMILES string of the molecule is CC(C)(C)C[C@H](NC(=O)c1cc2cccc(Cl)c2[nH]1)C(=O)N[C@H](C#N)C[C@@H]1CCCC1=O. The van der Waals surface area contributed by atoms with Crippen LogP contribution in [0.2, 0.25) is 5.02 Å². The van der Waals surface area contributed by atoms with Gasteiger partial charge in [-0.25, -0.2) is 0 Å². The van der Waals surface area contributed by atoms with Gasteiger partial charge in [-0.05, 0) is 43.2 Å². The van der Waals surface area contributed by atoms with Gasteiger partial charge < -0.3 is 15.6 Å². The summed E-state index contributed by atoms with van der Waals surface area (Å²) in [5.41, 5.74) is 0.706. The van der Waals surface area contributed by atoms with E-state index in [1.165, 1.54) is 0 Å². The minimum absolute atomic E-state index is 0.150. The Labute approximate surface area is 192 Å². The number of fused-ring (bicyclic) bond motifs is 1. The van der Waals surface area contributed by atoms with Gasteiger partial charge in [-0.1, -0.05) is 44.5 Å². The molecule has 1 fully saturated rings. The molecule has 1 aliphatic rings. The van der Waals surface area contributed by atoms with Crippen LogP contribution >= 0.6 is 11.6 Å². The summed E-state index contributed by atoms with van der Waals surface area (Å²) >= 11 is 6.19. The number of halogens is 1. The minimum Gasteiger partial charge on any atom is -0.349 e. The Bertz CT molecular complexity index is 1060. The summed E-state index contributed by atoms with van der Waals surface area (Å²) in [6, 6.07) is 7.54. The maximum atomic E-state index is 13.0. The third kappa shape index (κ3) is 5.89. The van der Waals surface area contributed by atoms with Crippen LogP contribution in [0, 0.1) is 22.7 Å². The van der Waals surface area contributed by atoms with Crippen LogP contribution in [0.15, 0.2) is 24.3 Å². The lowest BCUT2D eigenvalue weighted by Crippen LogP contribution is -2.51. The van der Waals surface area contributed by atoms with E-state index in [0.717, 1.165) is 18.2 Å². The fourth-order valence-corrected chi connectivity index (χ4v) is 4.37. The number of hydrogen-bond donors (Lipinski definition) is 3. The monoisotopic (exact) mass is 456 g/mol. The third-order valence-corrected chi connectivity index (χ3v) is 6.03. The van der Waals surface area contributed by atoms with Crippen molar-refractivity contribution >= 4 is 40.1 Å². The molecule has 1 aromatic heterocycles. The second-order valence-electron chi connectivity index (χ2n) is 9.66. The number of benzene rings is 1. The number of carbonyl (C=O) groups excluding carboxylic acids is 3. The van der Waals surface area contributed by atoms with Crippen LogP contribution in [0.1, 0.15) is 63.4 Å². The topological polar surface area (TPSA) is 115 Å². The molecule has 8 heteroatoms. The molecule has 1 aliphatic carbocycles. The number of nitrogens with one attached hydrogen (secondary N) is 3. The molecule has 1 heterocycles. The molecule has 2 aromatic rings. The molecule has 0 radical (unpaired) electrons. The van der Waals surface area contributed by atoms with E-state index in [2.05, 4.69) is 21.7 Å². The first-order chi connectivity index (χ1) is 15.1. The molecule has 0 saturated heterocycles. The van der Waals surface area contributed by atoms with Gasteiger partial charge in [-0.15, -0.1) is 0 Å². The molecule has 3 atom stereocenters. The van der Waals surface area contributed by atoms with E-state index in [1.54, 1.807) is 18.2 Å². The number of Topliss-reactive ketones (excluding diaryl/α,β-unsaturated/α-hetero) is 1. The number of ketones is 1. The second-order valence-corrected chi connectivity index (χ2v) is 10.1. The lowest BCUT2D eigenvalue weighted by Gasteiger charge is -2.27. The average molecular weight is 457 g/mol. The highest BCUT2D eigenvalue weighted by Gasteiger charge is 2.31. The van der Waals surface area contributed by atoms with Crippen molar-refractivity contribution in [3.8, 4) is 6.07 Å². The van der Waals surface area contributed by atoms with E-state index < -0.39 is 23.9 Å². The number of hydrogen-bond acceptors (Lipinski definition) is 4. The normalized spacial score (nSPS) is 18.2. The predicted octanol–water partition coefficient (Wildman–Crippen LogP) is 4.12. The molecule has 1 aromatic carbocycles. The van der Waals surface area contributed by atoms with Crippen molar-refractivity contribution in [2.45, 2.75) is 65.0 Å². The van der Waals surface area contributed by atoms with Crippen molar-refractivity contribution in [1.82, 2.24) is 15.6 Å². The fourth-order valence-electron chi connectivity index (χ4n) is 4.14. The summed E-state index contributed by atoms with van der Waals surface area (Å²) in [6.07, 6.45) is 2.79. The van der Waals surface area contributed by atoms with E-state index in [-0.39, 0.29) is 17.1 Å². The van der Waals surface area contributed by atoms with Gasteiger partial charge in [0, 0.05) is 17.7 Å². The van der Waals surface area contributed by atoms with Gasteiger partial charge in [-0.2, -0.15) is 5.26 Å². The van der Waals surface area contributed by atoms with Gasteiger partial charge in [0.2, 0.25) is 5.91 Å². The number of para-hydroxylation sites is 1. The first-order valence-electron chi connectivity index (χ1n) is 10.9. The van der Waals surface area contributed by atoms with Gasteiger partial charge in [-0.3, -0.25) is 14.4 Å². The number of H-pyrrole nitrogens is 1. The van der Waals surface area contributed by atoms with Crippen LogP contribution in [0.5, 0.6) is 0 Å². The van der Waals surface area contributed by atoms with E-state index in [4.69, 9.17) is 11.6 Å². The number of nitrogens with zero attached hydrogens (tertiary/aromatic N) is 1. The number of nitriles is 1. The summed E-state index contributed by atoms with van der Waals surface area (Å²) in [7, 11) is 0. The van der Waals surface area contributed by atoms with Crippen LogP contribution in [0.3, 0.4) is 0 Å². The van der Waals surface area contributed by atoms with E-state index in [1.807, 2.05) is 26.8 Å². The molecule has 0 bridgehead atoms. The fraction of sp³-hybridized carbons (Fsp3) is 0.500. The standard InChI is InChI=1S/C24H29ClN4O3/c1-24(2,3)12-19(23(32)27-16(13-26)10-14-6-5-9-20(14)30)29-22(31)18-11-15-7-4-8-17(25)21(15)28-18/h4,7-8,11,14,16,19,28H,5-6,9-10,12H2,1-3H3,(H,27,32)(H,29,31)/t14-,16-,19-/m0/s1. The molecule has 2 amide bonds. The van der Waals surface area contributed by atoms with Crippen LogP contribution in [-0.4, -0.2) is 34.7 Å². The Hall–Kier alpha value is -2.85. The van der Waals surface area contributed by atoms with Gasteiger partial charge in [0.05, 0.1) is 16.6 Å². The summed E-state index contributed by atoms with van der Waals surface area (Å²) in [4.78, 5) is 40.9. The Morgan fingerprint density at radius 2 is 2.06 bits per heavy atom. The van der Waals surface area contributed by atoms with Crippen molar-refractivity contribution in [1.29, 1.82) is 5.26 Å². The van der Waals surface area contributed by atoms with Crippen molar-refractivity contribution in [3.63, 3.8) is 0 Å². The maximum absolute atomic E-state index is 13.0. The minimum atomic E-state index is -0.834. The van der Waals surface area contributed by atoms with Crippen LogP contribution in [0.25, 0.3) is 10.9 Å². The smallest absolute Gasteiger partial charge is 0.268 e. The molecule has 3 N–H and O–H groups in total. The molecule has 0 aliphatic heterocycles. The molecule has 1 saturated carbocycles. The molecule has 32 heavy (non-hydrogen) atoms. The Balaban J connectivity index is 1.73. The summed E-state index contributed by atoms with van der Waals surface area (Å²) in [5.74, 6) is -0.899. The predicted molar refractivity (Wildman–Crippen MR) is 123 cm³/mol. The summed E-state index contributed by atoms with van der Waals surface area (Å²) < 4.78 is 0. The Kier molecular flexibility index (Phi) is 7.25. The molecule has 7 nitrogen and oxygen atoms in total. The van der Waals surface area contributed by atoms with Crippen molar-refractivity contribution in [3.05, 3.63) is 35.0 Å². The molecule has 3 rings (SSSR count). The van der Waals surface area contributed by atoms with Gasteiger partial charge in [0.15, 0.2) is 0 Å². The lowest BCUT2D eigenvalue weighted by atomic mass is 9.87. The molecule has 0 spiro atoms. The van der Waals surface area contributed by atoms with Gasteiger partial charge >= 0.3 is 0 Å². The largest absolute Gasteiger partial charge is 0.349 e. The van der Waals surface area contributed by atoms with E-state index >= 15 is 0 Å². The Morgan fingerprint density at radius 3 is 2.66 bits per heavy atom. The van der Waals surface area contributed by atoms with Gasteiger partial charge in [0.25, 0.3) is 5.91 Å². The van der Waals surface area contributed by atoms with Crippen LogP contribution in [-0.2, 0) is 9.59 Å². The summed E-state index contributed by atoms with van der Waals surface area (Å²) in [6.45, 7) is 5.92. The van der Waals surface area contributed by atoms with E-state index in [0.29, 0.717) is 35.5 Å². The quantitative estimate of drug-likeness (QED) is 0.581. The number of aromatic nitrogens is 1. The zero-order valence-electron chi connectivity index (χ0n) is 18.6. The highest BCUT2D eigenvalue weighted by molar-refractivity contribution is 6.35. The average Bonchev–Trinajstić information content (AvgIpc) is 3.33. The number of rotatable bonds is 7. The van der Waals surface area contributed by atoms with Crippen molar-refractivity contribution in [2.24, 2.45) is 11.3 Å². The van der Waals surface area contributed by atoms with Crippen molar-refractivity contribution in [2.75, 3.05) is 0 Å². The van der Waals surface area contributed by atoms with Crippen LogP contribution < -0.4 is 10.6 Å². The zero-order chi connectivity index (χ0) is 23.5. The highest BCUT2D eigenvalue weighted by Crippen LogP contribution is 2.26. The Morgan fingerprint density at radius 1 is 1.31 bits per heavy atom. The van der Waals surface area contributed by atoms with Crippen molar-refractivity contribution < 1.29 is 14.4 Å². The molecular formula is C24H29ClN4O3. The zero-order valence-corrected chi connectivity index (χ0v) is 19.4. The lowest BCUT2D eigenvalue weighted by molar-refractivity contribution is -0.125. The third-order valence-electron chi connectivity index (χ3n) is 5.71. The first kappa shape index (κ1) is 23.8. The number of carbonyl (C=O) groups is 3. The summed E-state index contributed by atoms with van der Waals surface area (Å²) in [5, 5.41) is 16.4. The molecular weight excluding hydrogens is 428 g/mol. The number of aromatic amines is 1. The molecule has 170 valence electrons. The van der Waals surface area contributed by atoms with Gasteiger partial charge in [0.1, 0.15) is 23.6 Å². The van der Waals surface area contributed by atoms with Crippen LogP contribution in [0.4, 0.5) is 0 Å². The number of amides is 2. The second kappa shape index (κ2) is 9.74.